The SMILES string of the molecule is CC(C)(C)C1COP(=S)(C(C)(C)C)OC1.CC(C)(C)C1COP(=S)(C(C)(C)C)OC1. The van der Waals surface area contributed by atoms with Crippen LogP contribution in [-0.4, -0.2) is 36.7 Å². The molecule has 2 aliphatic rings. The van der Waals surface area contributed by atoms with Gasteiger partial charge in [0.15, 0.2) is 13.0 Å². The molecule has 2 fully saturated rings. The molecule has 8 heteroatoms. The minimum Gasteiger partial charge on any atom is -0.329 e. The minimum absolute atomic E-state index is 0.0504. The Morgan fingerprint density at radius 3 is 0.833 bits per heavy atom. The lowest BCUT2D eigenvalue weighted by atomic mass is 9.82. The van der Waals surface area contributed by atoms with Crippen LogP contribution in [0.2, 0.25) is 0 Å². The Morgan fingerprint density at radius 2 is 0.700 bits per heavy atom. The quantitative estimate of drug-likeness (QED) is 0.319. The van der Waals surface area contributed by atoms with Gasteiger partial charge in [0.05, 0.1) is 26.4 Å². The van der Waals surface area contributed by atoms with Gasteiger partial charge in [-0.15, -0.1) is 0 Å². The third kappa shape index (κ3) is 7.59. The molecule has 30 heavy (non-hydrogen) atoms. The van der Waals surface area contributed by atoms with E-state index < -0.39 is 13.0 Å². The average molecular weight is 501 g/mol. The van der Waals surface area contributed by atoms with Gasteiger partial charge in [-0.3, -0.25) is 0 Å². The number of rotatable bonds is 0. The molecule has 0 aromatic rings. The van der Waals surface area contributed by atoms with E-state index in [1.807, 2.05) is 0 Å². The fourth-order valence-electron chi connectivity index (χ4n) is 2.70. The van der Waals surface area contributed by atoms with Gasteiger partial charge in [-0.25, -0.2) is 0 Å². The lowest BCUT2D eigenvalue weighted by Gasteiger charge is -2.43. The molecule has 2 aliphatic heterocycles. The smallest absolute Gasteiger partial charge is 0.194 e. The van der Waals surface area contributed by atoms with Crippen LogP contribution in [0.3, 0.4) is 0 Å². The van der Waals surface area contributed by atoms with Crippen molar-refractivity contribution >= 4 is 36.6 Å². The van der Waals surface area contributed by atoms with Crippen LogP contribution in [0, 0.1) is 22.7 Å². The van der Waals surface area contributed by atoms with Crippen LogP contribution in [-0.2, 0) is 41.7 Å². The summed E-state index contributed by atoms with van der Waals surface area (Å²) in [6.07, 6.45) is 0. The summed E-state index contributed by atoms with van der Waals surface area (Å²) in [6.45, 7) is 24.8. The van der Waals surface area contributed by atoms with Crippen molar-refractivity contribution in [3.8, 4) is 0 Å². The molecule has 0 unspecified atom stereocenters. The van der Waals surface area contributed by atoms with Crippen molar-refractivity contribution in [1.29, 1.82) is 0 Å². The van der Waals surface area contributed by atoms with Gasteiger partial charge in [-0.1, -0.05) is 83.1 Å². The van der Waals surface area contributed by atoms with Crippen molar-refractivity contribution in [2.24, 2.45) is 22.7 Å². The lowest BCUT2D eigenvalue weighted by Crippen LogP contribution is -2.35. The zero-order chi connectivity index (χ0) is 23.8. The maximum absolute atomic E-state index is 5.87. The molecule has 2 saturated heterocycles. The Kier molecular flexibility index (Phi) is 9.52. The van der Waals surface area contributed by atoms with Gasteiger partial charge in [-0.05, 0) is 34.4 Å². The summed E-state index contributed by atoms with van der Waals surface area (Å²) in [5.74, 6) is 0.909. The maximum atomic E-state index is 5.87. The Morgan fingerprint density at radius 1 is 0.500 bits per heavy atom. The lowest BCUT2D eigenvalue weighted by molar-refractivity contribution is 0.0461. The number of hydrogen-bond acceptors (Lipinski definition) is 6. The minimum atomic E-state index is -2.07. The van der Waals surface area contributed by atoms with Crippen molar-refractivity contribution in [1.82, 2.24) is 0 Å². The van der Waals surface area contributed by atoms with E-state index >= 15 is 0 Å². The second kappa shape index (κ2) is 9.79. The normalized spacial score (nSPS) is 34.1. The highest BCUT2D eigenvalue weighted by molar-refractivity contribution is 8.10. The molecule has 0 aliphatic carbocycles. The van der Waals surface area contributed by atoms with Crippen LogP contribution in [0.4, 0.5) is 0 Å². The summed E-state index contributed by atoms with van der Waals surface area (Å²) in [7, 11) is 0. The van der Waals surface area contributed by atoms with Crippen LogP contribution < -0.4 is 0 Å². The molecule has 2 heterocycles. The second-order valence-electron chi connectivity index (χ2n) is 12.6. The molecular formula is C22H46O4P2S2. The van der Waals surface area contributed by atoms with Gasteiger partial charge < -0.3 is 18.1 Å². The van der Waals surface area contributed by atoms with Crippen LogP contribution in [0.1, 0.15) is 83.1 Å². The summed E-state index contributed by atoms with van der Waals surface area (Å²) < 4.78 is 23.5. The summed E-state index contributed by atoms with van der Waals surface area (Å²) in [5, 5.41) is -0.101. The first-order chi connectivity index (χ1) is 13.1. The molecule has 0 atom stereocenters. The van der Waals surface area contributed by atoms with Gasteiger partial charge in [0.25, 0.3) is 0 Å². The first kappa shape index (κ1) is 29.2. The first-order valence-electron chi connectivity index (χ1n) is 10.9. The first-order valence-corrected chi connectivity index (χ1v) is 16.2. The van der Waals surface area contributed by atoms with Crippen molar-refractivity contribution < 1.29 is 18.1 Å². The van der Waals surface area contributed by atoms with Gasteiger partial charge in [-0.2, -0.15) is 0 Å². The number of hydrogen-bond donors (Lipinski definition) is 0. The third-order valence-corrected chi connectivity index (χ3v) is 15.7. The van der Waals surface area contributed by atoms with Crippen LogP contribution in [0.5, 0.6) is 0 Å². The van der Waals surface area contributed by atoms with Crippen molar-refractivity contribution in [2.45, 2.75) is 93.4 Å². The van der Waals surface area contributed by atoms with Crippen LogP contribution in [0.25, 0.3) is 0 Å². The third-order valence-electron chi connectivity index (χ3n) is 5.88. The molecule has 0 aromatic heterocycles. The molecule has 4 nitrogen and oxygen atoms in total. The van der Waals surface area contributed by atoms with Gasteiger partial charge >= 0.3 is 0 Å². The van der Waals surface area contributed by atoms with Crippen LogP contribution in [0.15, 0.2) is 0 Å². The van der Waals surface area contributed by atoms with E-state index in [2.05, 4.69) is 83.1 Å². The predicted octanol–water partition coefficient (Wildman–Crippen LogP) is 7.61. The monoisotopic (exact) mass is 500 g/mol. The second-order valence-corrected chi connectivity index (χ2v) is 21.2. The zero-order valence-electron chi connectivity index (χ0n) is 21.3. The highest BCUT2D eigenvalue weighted by Crippen LogP contribution is 2.63. The predicted molar refractivity (Wildman–Crippen MR) is 138 cm³/mol. The summed E-state index contributed by atoms with van der Waals surface area (Å²) >= 11 is 11.1. The largest absolute Gasteiger partial charge is 0.329 e. The maximum Gasteiger partial charge on any atom is 0.194 e. The Hall–Kier alpha value is 1.14. The molecule has 180 valence electrons. The summed E-state index contributed by atoms with van der Waals surface area (Å²) in [5.41, 5.74) is 0.469. The van der Waals surface area contributed by atoms with E-state index in [4.69, 9.17) is 41.7 Å². The fourth-order valence-corrected chi connectivity index (χ4v) is 6.63. The van der Waals surface area contributed by atoms with E-state index in [1.165, 1.54) is 0 Å². The van der Waals surface area contributed by atoms with Crippen LogP contribution >= 0.6 is 13.0 Å². The van der Waals surface area contributed by atoms with Crippen molar-refractivity contribution in [2.75, 3.05) is 26.4 Å². The molecule has 0 bridgehead atoms. The molecule has 0 radical (unpaired) electrons. The topological polar surface area (TPSA) is 36.9 Å². The van der Waals surface area contributed by atoms with Crippen molar-refractivity contribution in [3.05, 3.63) is 0 Å². The fraction of sp³-hybridized carbons (Fsp3) is 1.00. The summed E-state index contributed by atoms with van der Waals surface area (Å²) in [6, 6.07) is 0. The highest BCUT2D eigenvalue weighted by Gasteiger charge is 2.42. The van der Waals surface area contributed by atoms with Gasteiger partial charge in [0.2, 0.25) is 0 Å². The molecule has 2 rings (SSSR count). The summed E-state index contributed by atoms with van der Waals surface area (Å²) in [4.78, 5) is 0. The Bertz CT molecular complexity index is 585. The van der Waals surface area contributed by atoms with E-state index in [-0.39, 0.29) is 21.1 Å². The molecular weight excluding hydrogens is 454 g/mol. The Balaban J connectivity index is 0.000000300. The van der Waals surface area contributed by atoms with Crippen molar-refractivity contribution in [3.63, 3.8) is 0 Å². The molecule has 0 amide bonds. The van der Waals surface area contributed by atoms with Gasteiger partial charge in [0, 0.05) is 22.1 Å². The molecule has 0 N–H and O–H groups in total. The van der Waals surface area contributed by atoms with E-state index in [9.17, 15) is 0 Å². The molecule has 0 saturated carbocycles. The standard InChI is InChI=1S/2C11H23O2PS/c2*1-10(2,3)9-7-12-14(15,13-8-9)11(4,5)6/h2*9H,7-8H2,1-6H3. The Labute approximate surface area is 196 Å². The highest BCUT2D eigenvalue weighted by atomic mass is 32.5. The van der Waals surface area contributed by atoms with E-state index in [0.717, 1.165) is 26.4 Å². The van der Waals surface area contributed by atoms with E-state index in [1.54, 1.807) is 0 Å². The molecule has 0 aromatic carbocycles. The zero-order valence-corrected chi connectivity index (χ0v) is 24.7. The van der Waals surface area contributed by atoms with E-state index in [0.29, 0.717) is 11.8 Å². The van der Waals surface area contributed by atoms with Gasteiger partial charge in [0.1, 0.15) is 0 Å². The average Bonchev–Trinajstić information content (AvgIpc) is 2.52. The molecule has 0 spiro atoms.